The number of aliphatic imine (C=N–C) groups is 1. The van der Waals surface area contributed by atoms with E-state index in [0.29, 0.717) is 6.54 Å². The average Bonchev–Trinajstić information content (AvgIpc) is 2.94. The Hall–Kier alpha value is -1.29. The van der Waals surface area contributed by atoms with Crippen LogP contribution in [-0.4, -0.2) is 72.0 Å². The highest BCUT2D eigenvalue weighted by Crippen LogP contribution is 2.04. The highest BCUT2D eigenvalue weighted by atomic mass is 127. The number of nitrogens with zero attached hydrogens (tertiary/aromatic N) is 4. The standard InChI is InChI=1S/C17H30N6O.HI/c1-14(2)20-16(24)13-22-8-10-23(11-9-22)17(18-3)19-12-15-6-5-7-21(15)4;/h5-7,14H,8-13H2,1-4H3,(H,18,19)(H,20,24);1H. The van der Waals surface area contributed by atoms with Crippen LogP contribution in [0.15, 0.2) is 23.3 Å². The van der Waals surface area contributed by atoms with E-state index in [0.717, 1.165) is 38.7 Å². The summed E-state index contributed by atoms with van der Waals surface area (Å²) in [4.78, 5) is 20.7. The third kappa shape index (κ3) is 6.85. The van der Waals surface area contributed by atoms with Crippen molar-refractivity contribution in [3.8, 4) is 0 Å². The number of rotatable bonds is 5. The van der Waals surface area contributed by atoms with Crippen molar-refractivity contribution in [2.24, 2.45) is 12.0 Å². The molecular formula is C17H31IN6O. The van der Waals surface area contributed by atoms with Crippen LogP contribution in [0.5, 0.6) is 0 Å². The van der Waals surface area contributed by atoms with Crippen LogP contribution in [0.3, 0.4) is 0 Å². The van der Waals surface area contributed by atoms with E-state index in [1.807, 2.05) is 40.2 Å². The number of hydrogen-bond donors (Lipinski definition) is 2. The molecule has 0 aliphatic carbocycles. The molecule has 1 saturated heterocycles. The molecule has 7 nitrogen and oxygen atoms in total. The predicted octanol–water partition coefficient (Wildman–Crippen LogP) is 0.861. The molecule has 1 fully saturated rings. The van der Waals surface area contributed by atoms with Gasteiger partial charge in [-0.1, -0.05) is 0 Å². The van der Waals surface area contributed by atoms with Gasteiger partial charge in [-0.25, -0.2) is 0 Å². The second-order valence-corrected chi connectivity index (χ2v) is 6.50. The Bertz CT molecular complexity index is 563. The van der Waals surface area contributed by atoms with Crippen LogP contribution in [-0.2, 0) is 18.4 Å². The lowest BCUT2D eigenvalue weighted by Crippen LogP contribution is -2.54. The fraction of sp³-hybridized carbons (Fsp3) is 0.647. The molecule has 25 heavy (non-hydrogen) atoms. The maximum atomic E-state index is 11.9. The van der Waals surface area contributed by atoms with Crippen molar-refractivity contribution in [1.82, 2.24) is 25.0 Å². The van der Waals surface area contributed by atoms with Crippen molar-refractivity contribution in [2.75, 3.05) is 39.8 Å². The fourth-order valence-corrected chi connectivity index (χ4v) is 2.87. The number of piperazine rings is 1. The van der Waals surface area contributed by atoms with Gasteiger partial charge in [-0.3, -0.25) is 14.7 Å². The van der Waals surface area contributed by atoms with Gasteiger partial charge in [-0.05, 0) is 26.0 Å². The molecule has 0 saturated carbocycles. The largest absolute Gasteiger partial charge is 0.353 e. The summed E-state index contributed by atoms with van der Waals surface area (Å²) in [5.41, 5.74) is 1.22. The molecule has 0 spiro atoms. The third-order valence-corrected chi connectivity index (χ3v) is 4.18. The first kappa shape index (κ1) is 21.8. The Morgan fingerprint density at radius 3 is 2.48 bits per heavy atom. The molecule has 0 atom stereocenters. The molecule has 142 valence electrons. The first-order valence-electron chi connectivity index (χ1n) is 8.57. The van der Waals surface area contributed by atoms with Gasteiger partial charge in [0.2, 0.25) is 5.91 Å². The minimum absolute atomic E-state index is 0. The maximum Gasteiger partial charge on any atom is 0.234 e. The molecule has 0 unspecified atom stereocenters. The van der Waals surface area contributed by atoms with Crippen LogP contribution in [0.1, 0.15) is 19.5 Å². The SMILES string of the molecule is CN=C(NCc1cccn1C)N1CCN(CC(=O)NC(C)C)CC1.I. The number of carbonyl (C=O) groups excluding carboxylic acids is 1. The van der Waals surface area contributed by atoms with Gasteiger partial charge in [0.1, 0.15) is 0 Å². The van der Waals surface area contributed by atoms with Crippen LogP contribution >= 0.6 is 24.0 Å². The summed E-state index contributed by atoms with van der Waals surface area (Å²) < 4.78 is 2.10. The minimum Gasteiger partial charge on any atom is -0.353 e. The number of halogens is 1. The van der Waals surface area contributed by atoms with E-state index in [1.54, 1.807) is 0 Å². The van der Waals surface area contributed by atoms with Crippen molar-refractivity contribution < 1.29 is 4.79 Å². The van der Waals surface area contributed by atoms with E-state index in [9.17, 15) is 4.79 Å². The molecule has 2 N–H and O–H groups in total. The summed E-state index contributed by atoms with van der Waals surface area (Å²) in [5, 5.41) is 6.37. The Balaban J connectivity index is 0.00000312. The Kier molecular flexibility index (Phi) is 9.26. The highest BCUT2D eigenvalue weighted by Gasteiger charge is 2.21. The van der Waals surface area contributed by atoms with E-state index in [1.165, 1.54) is 5.69 Å². The first-order chi connectivity index (χ1) is 11.5. The second-order valence-electron chi connectivity index (χ2n) is 6.50. The second kappa shape index (κ2) is 10.6. The smallest absolute Gasteiger partial charge is 0.234 e. The van der Waals surface area contributed by atoms with Crippen molar-refractivity contribution >= 4 is 35.8 Å². The van der Waals surface area contributed by atoms with Crippen LogP contribution < -0.4 is 10.6 Å². The number of amides is 1. The highest BCUT2D eigenvalue weighted by molar-refractivity contribution is 14.0. The first-order valence-corrected chi connectivity index (χ1v) is 8.57. The topological polar surface area (TPSA) is 64.9 Å². The zero-order valence-electron chi connectivity index (χ0n) is 15.7. The molecule has 1 aromatic rings. The summed E-state index contributed by atoms with van der Waals surface area (Å²) in [6.45, 7) is 8.70. The average molecular weight is 462 g/mol. The Labute approximate surface area is 167 Å². The summed E-state index contributed by atoms with van der Waals surface area (Å²) in [7, 11) is 3.86. The van der Waals surface area contributed by atoms with E-state index in [2.05, 4.69) is 36.1 Å². The van der Waals surface area contributed by atoms with Gasteiger partial charge >= 0.3 is 0 Å². The summed E-state index contributed by atoms with van der Waals surface area (Å²) in [5.74, 6) is 1.02. The third-order valence-electron chi connectivity index (χ3n) is 4.18. The van der Waals surface area contributed by atoms with Crippen LogP contribution in [0, 0.1) is 0 Å². The zero-order chi connectivity index (χ0) is 17.5. The number of nitrogens with one attached hydrogen (secondary N) is 2. The zero-order valence-corrected chi connectivity index (χ0v) is 18.0. The van der Waals surface area contributed by atoms with Gasteiger partial charge < -0.3 is 20.1 Å². The van der Waals surface area contributed by atoms with Crippen molar-refractivity contribution in [1.29, 1.82) is 0 Å². The quantitative estimate of drug-likeness (QED) is 0.387. The predicted molar refractivity (Wildman–Crippen MR) is 112 cm³/mol. The molecule has 1 amide bonds. The van der Waals surface area contributed by atoms with Gasteiger partial charge in [-0.15, -0.1) is 24.0 Å². The molecule has 1 aliphatic heterocycles. The lowest BCUT2D eigenvalue weighted by molar-refractivity contribution is -0.123. The van der Waals surface area contributed by atoms with Gasteiger partial charge in [-0.2, -0.15) is 0 Å². The van der Waals surface area contributed by atoms with E-state index >= 15 is 0 Å². The van der Waals surface area contributed by atoms with Crippen molar-refractivity contribution in [2.45, 2.75) is 26.4 Å². The summed E-state index contributed by atoms with van der Waals surface area (Å²) in [6.07, 6.45) is 2.04. The maximum absolute atomic E-state index is 11.9. The molecule has 1 aliphatic rings. The number of aromatic nitrogens is 1. The number of aryl methyl sites for hydroxylation is 1. The molecule has 2 heterocycles. The molecule has 0 radical (unpaired) electrons. The summed E-state index contributed by atoms with van der Waals surface area (Å²) in [6, 6.07) is 4.34. The monoisotopic (exact) mass is 462 g/mol. The Morgan fingerprint density at radius 1 is 1.28 bits per heavy atom. The molecular weight excluding hydrogens is 431 g/mol. The summed E-state index contributed by atoms with van der Waals surface area (Å²) >= 11 is 0. The number of guanidine groups is 1. The van der Waals surface area contributed by atoms with Crippen LogP contribution in [0.25, 0.3) is 0 Å². The molecule has 8 heteroatoms. The van der Waals surface area contributed by atoms with E-state index in [-0.39, 0.29) is 35.9 Å². The molecule has 2 rings (SSSR count). The number of hydrogen-bond acceptors (Lipinski definition) is 3. The fourth-order valence-electron chi connectivity index (χ4n) is 2.87. The van der Waals surface area contributed by atoms with Crippen molar-refractivity contribution in [3.63, 3.8) is 0 Å². The van der Waals surface area contributed by atoms with Gasteiger partial charge in [0.25, 0.3) is 0 Å². The van der Waals surface area contributed by atoms with Gasteiger partial charge in [0, 0.05) is 58.2 Å². The normalized spacial score (nSPS) is 15.9. The van der Waals surface area contributed by atoms with E-state index < -0.39 is 0 Å². The lowest BCUT2D eigenvalue weighted by atomic mass is 10.3. The molecule has 0 aromatic carbocycles. The molecule has 0 bridgehead atoms. The number of carbonyl (C=O) groups is 1. The Morgan fingerprint density at radius 2 is 1.96 bits per heavy atom. The van der Waals surface area contributed by atoms with Crippen molar-refractivity contribution in [3.05, 3.63) is 24.0 Å². The van der Waals surface area contributed by atoms with Crippen LogP contribution in [0.2, 0.25) is 0 Å². The van der Waals surface area contributed by atoms with Gasteiger partial charge in [0.15, 0.2) is 5.96 Å². The van der Waals surface area contributed by atoms with Crippen LogP contribution in [0.4, 0.5) is 0 Å². The molecule has 1 aromatic heterocycles. The van der Waals surface area contributed by atoms with E-state index in [4.69, 9.17) is 0 Å². The minimum atomic E-state index is 0. The lowest BCUT2D eigenvalue weighted by Gasteiger charge is -2.36. The van der Waals surface area contributed by atoms with Gasteiger partial charge in [0.05, 0.1) is 13.1 Å².